The van der Waals surface area contributed by atoms with Crippen LogP contribution in [0.15, 0.2) is 0 Å². The number of nitrogens with one attached hydrogen (secondary N) is 1. The van der Waals surface area contributed by atoms with E-state index < -0.39 is 12.6 Å². The number of amides is 1. The maximum Gasteiger partial charge on any atom is 0.390 e. The third kappa shape index (κ3) is 9.52. The van der Waals surface area contributed by atoms with Crippen molar-refractivity contribution in [2.75, 3.05) is 27.2 Å². The van der Waals surface area contributed by atoms with E-state index >= 15 is 0 Å². The lowest BCUT2D eigenvalue weighted by molar-refractivity contribution is -0.133. The van der Waals surface area contributed by atoms with Crippen molar-refractivity contribution < 1.29 is 18.0 Å². The van der Waals surface area contributed by atoms with E-state index in [-0.39, 0.29) is 12.5 Å². The summed E-state index contributed by atoms with van der Waals surface area (Å²) < 4.78 is 35.1. The lowest BCUT2D eigenvalue weighted by Gasteiger charge is -2.10. The molecule has 3 nitrogen and oxygen atoms in total. The number of carbonyl (C=O) groups is 1. The molecule has 0 atom stereocenters. The van der Waals surface area contributed by atoms with E-state index in [0.29, 0.717) is 19.4 Å². The number of carbonyl (C=O) groups excluding carboxylic acids is 1. The molecule has 0 bridgehead atoms. The van der Waals surface area contributed by atoms with Crippen LogP contribution in [0.1, 0.15) is 19.3 Å². The summed E-state index contributed by atoms with van der Waals surface area (Å²) >= 11 is 0. The van der Waals surface area contributed by atoms with Gasteiger partial charge in [-0.15, -0.1) is 0 Å². The summed E-state index contributed by atoms with van der Waals surface area (Å²) in [5, 5.41) is 2.65. The summed E-state index contributed by atoms with van der Waals surface area (Å²) in [6, 6.07) is 0. The van der Waals surface area contributed by atoms with E-state index in [1.165, 1.54) is 4.90 Å². The summed E-state index contributed by atoms with van der Waals surface area (Å²) in [6.45, 7) is 0.356. The minimum atomic E-state index is -4.10. The van der Waals surface area contributed by atoms with Gasteiger partial charge >= 0.3 is 6.18 Å². The zero-order valence-corrected chi connectivity index (χ0v) is 9.02. The highest BCUT2D eigenvalue weighted by Crippen LogP contribution is 2.17. The molecule has 1 N–H and O–H groups in total. The van der Waals surface area contributed by atoms with Crippen molar-refractivity contribution in [3.63, 3.8) is 0 Å². The molecule has 0 fully saturated rings. The highest BCUT2D eigenvalue weighted by Gasteiger charge is 2.25. The van der Waals surface area contributed by atoms with Gasteiger partial charge in [0.1, 0.15) is 0 Å². The molecule has 1 amide bonds. The molecule has 0 aromatic rings. The van der Waals surface area contributed by atoms with Crippen molar-refractivity contribution >= 4 is 5.91 Å². The molecule has 0 saturated carbocycles. The SMILES string of the molecule is CN(C)C(=O)CCCNCCC(F)(F)F. The Labute approximate surface area is 87.6 Å². The first-order chi connectivity index (χ1) is 6.83. The topological polar surface area (TPSA) is 32.3 Å². The first-order valence-electron chi connectivity index (χ1n) is 4.80. The summed E-state index contributed by atoms with van der Waals surface area (Å²) in [5.74, 6) is -0.00683. The van der Waals surface area contributed by atoms with Gasteiger partial charge in [-0.1, -0.05) is 0 Å². The van der Waals surface area contributed by atoms with Gasteiger partial charge in [0.2, 0.25) is 5.91 Å². The maximum absolute atomic E-state index is 11.7. The van der Waals surface area contributed by atoms with E-state index in [4.69, 9.17) is 0 Å². The van der Waals surface area contributed by atoms with Crippen LogP contribution in [-0.4, -0.2) is 44.2 Å². The Morgan fingerprint density at radius 1 is 1.27 bits per heavy atom. The van der Waals surface area contributed by atoms with Crippen molar-refractivity contribution in [1.29, 1.82) is 0 Å². The normalized spacial score (nSPS) is 11.5. The molecular formula is C9H17F3N2O. The first-order valence-corrected chi connectivity index (χ1v) is 4.80. The first kappa shape index (κ1) is 14.2. The van der Waals surface area contributed by atoms with Gasteiger partial charge in [0.15, 0.2) is 0 Å². The molecule has 6 heteroatoms. The fraction of sp³-hybridized carbons (Fsp3) is 0.889. The molecule has 0 spiro atoms. The molecule has 0 unspecified atom stereocenters. The lowest BCUT2D eigenvalue weighted by Crippen LogP contribution is -2.25. The Bertz CT molecular complexity index is 192. The fourth-order valence-corrected chi connectivity index (χ4v) is 0.943. The van der Waals surface area contributed by atoms with Gasteiger partial charge in [0, 0.05) is 27.1 Å². The van der Waals surface area contributed by atoms with Gasteiger partial charge in [-0.2, -0.15) is 13.2 Å². The Morgan fingerprint density at radius 2 is 1.87 bits per heavy atom. The second-order valence-corrected chi connectivity index (χ2v) is 3.51. The standard InChI is InChI=1S/C9H17F3N2O/c1-14(2)8(15)4-3-6-13-7-5-9(10,11)12/h13H,3-7H2,1-2H3. The third-order valence-corrected chi connectivity index (χ3v) is 1.83. The fourth-order valence-electron chi connectivity index (χ4n) is 0.943. The molecule has 0 saturated heterocycles. The minimum absolute atomic E-state index is 0.00683. The largest absolute Gasteiger partial charge is 0.390 e. The van der Waals surface area contributed by atoms with Crippen LogP contribution < -0.4 is 5.32 Å². The van der Waals surface area contributed by atoms with E-state index in [1.54, 1.807) is 14.1 Å². The molecule has 0 aliphatic rings. The Kier molecular flexibility index (Phi) is 6.31. The number of alkyl halides is 3. The molecule has 90 valence electrons. The quantitative estimate of drug-likeness (QED) is 0.694. The second kappa shape index (κ2) is 6.66. The van der Waals surface area contributed by atoms with E-state index in [2.05, 4.69) is 5.32 Å². The van der Waals surface area contributed by atoms with Crippen LogP contribution in [0.4, 0.5) is 13.2 Å². The summed E-state index contributed by atoms with van der Waals surface area (Å²) in [5.41, 5.74) is 0. The third-order valence-electron chi connectivity index (χ3n) is 1.83. The molecule has 0 radical (unpaired) electrons. The highest BCUT2D eigenvalue weighted by molar-refractivity contribution is 5.75. The Morgan fingerprint density at radius 3 is 2.33 bits per heavy atom. The predicted molar refractivity (Wildman–Crippen MR) is 51.5 cm³/mol. The second-order valence-electron chi connectivity index (χ2n) is 3.51. The van der Waals surface area contributed by atoms with Gasteiger partial charge in [0.25, 0.3) is 0 Å². The Balaban J connectivity index is 3.30. The number of hydrogen-bond donors (Lipinski definition) is 1. The molecule has 0 rings (SSSR count). The minimum Gasteiger partial charge on any atom is -0.349 e. The average molecular weight is 226 g/mol. The van der Waals surface area contributed by atoms with Crippen LogP contribution in [0, 0.1) is 0 Å². The van der Waals surface area contributed by atoms with Crippen molar-refractivity contribution in [3.05, 3.63) is 0 Å². The molecule has 0 heterocycles. The van der Waals surface area contributed by atoms with Crippen molar-refractivity contribution in [2.24, 2.45) is 0 Å². The molecular weight excluding hydrogens is 209 g/mol. The van der Waals surface area contributed by atoms with Gasteiger partial charge in [-0.05, 0) is 13.0 Å². The summed E-state index contributed by atoms with van der Waals surface area (Å²) in [4.78, 5) is 12.5. The highest BCUT2D eigenvalue weighted by atomic mass is 19.4. The molecule has 0 aromatic carbocycles. The molecule has 0 aliphatic carbocycles. The average Bonchev–Trinajstić information content (AvgIpc) is 2.08. The van der Waals surface area contributed by atoms with Crippen LogP contribution in [-0.2, 0) is 4.79 Å². The van der Waals surface area contributed by atoms with Crippen LogP contribution in [0.2, 0.25) is 0 Å². The van der Waals surface area contributed by atoms with Crippen LogP contribution in [0.5, 0.6) is 0 Å². The van der Waals surface area contributed by atoms with E-state index in [9.17, 15) is 18.0 Å². The predicted octanol–water partition coefficient (Wildman–Crippen LogP) is 1.40. The number of nitrogens with zero attached hydrogens (tertiary/aromatic N) is 1. The van der Waals surface area contributed by atoms with Crippen LogP contribution >= 0.6 is 0 Å². The number of halogens is 3. The monoisotopic (exact) mass is 226 g/mol. The Hall–Kier alpha value is -0.780. The zero-order chi connectivity index (χ0) is 11.9. The van der Waals surface area contributed by atoms with E-state index in [0.717, 1.165) is 0 Å². The van der Waals surface area contributed by atoms with Crippen LogP contribution in [0.25, 0.3) is 0 Å². The number of rotatable bonds is 6. The van der Waals surface area contributed by atoms with Gasteiger partial charge in [0.05, 0.1) is 6.42 Å². The van der Waals surface area contributed by atoms with Gasteiger partial charge in [-0.3, -0.25) is 4.79 Å². The zero-order valence-electron chi connectivity index (χ0n) is 9.02. The van der Waals surface area contributed by atoms with Crippen LogP contribution in [0.3, 0.4) is 0 Å². The molecule has 0 aromatic heterocycles. The van der Waals surface area contributed by atoms with Gasteiger partial charge in [-0.25, -0.2) is 0 Å². The van der Waals surface area contributed by atoms with Crippen molar-refractivity contribution in [2.45, 2.75) is 25.4 Å². The smallest absolute Gasteiger partial charge is 0.349 e. The van der Waals surface area contributed by atoms with Crippen molar-refractivity contribution in [1.82, 2.24) is 10.2 Å². The number of hydrogen-bond acceptors (Lipinski definition) is 2. The van der Waals surface area contributed by atoms with Gasteiger partial charge < -0.3 is 10.2 Å². The summed E-state index contributed by atoms with van der Waals surface area (Å²) in [7, 11) is 3.30. The summed E-state index contributed by atoms with van der Waals surface area (Å²) in [6.07, 6.45) is -4.00. The maximum atomic E-state index is 11.7. The van der Waals surface area contributed by atoms with E-state index in [1.807, 2.05) is 0 Å². The van der Waals surface area contributed by atoms with Crippen molar-refractivity contribution in [3.8, 4) is 0 Å². The molecule has 0 aliphatic heterocycles. The lowest BCUT2D eigenvalue weighted by atomic mass is 10.3. The molecule has 15 heavy (non-hydrogen) atoms.